The van der Waals surface area contributed by atoms with Gasteiger partial charge in [0.2, 0.25) is 0 Å². The van der Waals surface area contributed by atoms with E-state index in [-0.39, 0.29) is 48.4 Å². The number of anilines is 4. The number of benzene rings is 5. The molecule has 0 bridgehead atoms. The quantitative estimate of drug-likeness (QED) is 0.113. The predicted octanol–water partition coefficient (Wildman–Crippen LogP) is 7.84. The van der Waals surface area contributed by atoms with Crippen LogP contribution in [-0.4, -0.2) is 18.8 Å². The first kappa shape index (κ1) is 26.6. The van der Waals surface area contributed by atoms with Gasteiger partial charge in [0, 0.05) is 11.4 Å². The Bertz CT molecular complexity index is 1950. The fourth-order valence-corrected chi connectivity index (χ4v) is 7.63. The lowest BCUT2D eigenvalue weighted by atomic mass is 9.33. The number of hydrogen-bond acceptors (Lipinski definition) is 2. The van der Waals surface area contributed by atoms with E-state index in [4.69, 9.17) is 0 Å². The molecule has 45 heavy (non-hydrogen) atoms. The van der Waals surface area contributed by atoms with Crippen molar-refractivity contribution in [3.63, 3.8) is 0 Å². The van der Waals surface area contributed by atoms with Gasteiger partial charge in [0.25, 0.3) is 6.71 Å². The predicted molar refractivity (Wildman–Crippen MR) is 157 cm³/mol. The van der Waals surface area contributed by atoms with Crippen molar-refractivity contribution in [3.05, 3.63) is 114 Å². The van der Waals surface area contributed by atoms with Crippen LogP contribution in [0.4, 0.5) is 57.9 Å². The Kier molecular flexibility index (Phi) is 4.77. The van der Waals surface area contributed by atoms with Crippen molar-refractivity contribution >= 4 is 45.9 Å². The number of nitrogens with zero attached hydrogens (tertiary/aromatic N) is 2. The number of fused-ring (bicyclic) bond motifs is 4. The summed E-state index contributed by atoms with van der Waals surface area (Å²) >= 11 is 0. The maximum atomic E-state index is 16.0. The third-order valence-corrected chi connectivity index (χ3v) is 9.43. The minimum atomic E-state index is -4.80. The maximum absolute atomic E-state index is 16.0. The van der Waals surface area contributed by atoms with Crippen LogP contribution >= 0.6 is 0 Å². The lowest BCUT2D eigenvalue weighted by Crippen LogP contribution is -2.64. The molecule has 2 nitrogen and oxygen atoms in total. The molecule has 0 unspecified atom stereocenters. The van der Waals surface area contributed by atoms with Gasteiger partial charge in [0.05, 0.1) is 22.5 Å². The minimum Gasteiger partial charge on any atom is -0.277 e. The van der Waals surface area contributed by atoms with Crippen molar-refractivity contribution < 1.29 is 35.1 Å². The van der Waals surface area contributed by atoms with Crippen molar-refractivity contribution in [3.8, 4) is 22.3 Å². The Hall–Kier alpha value is -4.80. The molecule has 0 saturated carbocycles. The normalized spacial score (nSPS) is 19.7. The molecule has 0 amide bonds. The Morgan fingerprint density at radius 1 is 0.444 bits per heavy atom. The largest absolute Gasteiger partial charge is 0.397 e. The molecule has 222 valence electrons. The van der Waals surface area contributed by atoms with Gasteiger partial charge in [0.1, 0.15) is 0 Å². The topological polar surface area (TPSA) is 6.48 Å². The molecule has 4 aliphatic heterocycles. The molecular formula is C34H17BF8N2. The second-order valence-corrected chi connectivity index (χ2v) is 11.6. The van der Waals surface area contributed by atoms with E-state index >= 15 is 35.1 Å². The number of hydrogen-bond donors (Lipinski definition) is 0. The summed E-state index contributed by atoms with van der Waals surface area (Å²) < 4.78 is 128. The Balaban J connectivity index is 1.41. The second kappa shape index (κ2) is 8.07. The van der Waals surface area contributed by atoms with E-state index in [0.29, 0.717) is 0 Å². The van der Waals surface area contributed by atoms with Crippen molar-refractivity contribution in [1.82, 2.24) is 0 Å². The van der Waals surface area contributed by atoms with Crippen molar-refractivity contribution in [2.45, 2.75) is 23.9 Å². The second-order valence-electron chi connectivity index (χ2n) is 11.6. The number of rotatable bonds is 2. The highest BCUT2D eigenvalue weighted by molar-refractivity contribution is 7.00. The first-order valence-corrected chi connectivity index (χ1v) is 14.1. The highest BCUT2D eigenvalue weighted by Gasteiger charge is 2.74. The van der Waals surface area contributed by atoms with E-state index in [1.54, 1.807) is 36.4 Å². The lowest BCUT2D eigenvalue weighted by molar-refractivity contribution is -0.200. The molecule has 0 atom stereocenters. The average molecular weight is 616 g/mol. The summed E-state index contributed by atoms with van der Waals surface area (Å²) in [6.45, 7) is -1.16. The van der Waals surface area contributed by atoms with E-state index in [1.807, 2.05) is 0 Å². The molecule has 4 heterocycles. The summed E-state index contributed by atoms with van der Waals surface area (Å²) in [5.74, 6) is -9.36. The van der Waals surface area contributed by atoms with E-state index in [1.165, 1.54) is 48.5 Å². The lowest BCUT2D eigenvalue weighted by Gasteiger charge is -2.43. The number of alkyl halides is 8. The molecule has 5 aromatic rings. The fraction of sp³-hybridized carbons (Fsp3) is 0.118. The SMILES string of the molecule is FC1(F)c2c(-c3ccccc3)ccc3c2N(c2cccc4c2B3c2ccc(-c3ccccc3)c3c2N4C(F)(F)C3(F)F)C1(F)F. The molecule has 9 rings (SSSR count). The van der Waals surface area contributed by atoms with Crippen LogP contribution in [0.3, 0.4) is 0 Å². The standard InChI is InChI=1S/C34H17BF8N2/c36-31(37)26-20(18-8-3-1-4-9-18)14-16-22-29(26)44(33(31,40)41)24-12-7-13-25-28(24)35(22)23-17-15-21(19-10-5-2-6-11-19)27-30(23)45(25)34(42,43)32(27,38)39/h1-17H. The fourth-order valence-electron chi connectivity index (χ4n) is 7.63. The van der Waals surface area contributed by atoms with E-state index < -0.39 is 64.5 Å². The molecular weight excluding hydrogens is 599 g/mol. The van der Waals surface area contributed by atoms with Crippen molar-refractivity contribution in [2.24, 2.45) is 0 Å². The number of halogens is 8. The molecule has 0 radical (unpaired) electrons. The van der Waals surface area contributed by atoms with Crippen LogP contribution in [0.2, 0.25) is 0 Å². The Morgan fingerprint density at radius 2 is 0.844 bits per heavy atom. The smallest absolute Gasteiger partial charge is 0.277 e. The summed E-state index contributed by atoms with van der Waals surface area (Å²) in [5.41, 5.74) is -3.41. The van der Waals surface area contributed by atoms with Crippen molar-refractivity contribution in [2.75, 3.05) is 9.80 Å². The molecule has 4 aliphatic rings. The molecule has 0 aliphatic carbocycles. The molecule has 11 heteroatoms. The minimum absolute atomic E-state index is 0.00525. The van der Waals surface area contributed by atoms with Gasteiger partial charge in [0.15, 0.2) is 0 Å². The van der Waals surface area contributed by atoms with Gasteiger partial charge < -0.3 is 0 Å². The summed E-state index contributed by atoms with van der Waals surface area (Å²) in [4.78, 5) is 0.409. The Morgan fingerprint density at radius 3 is 1.24 bits per heavy atom. The Labute approximate surface area is 251 Å². The third-order valence-electron chi connectivity index (χ3n) is 9.43. The van der Waals surface area contributed by atoms with Crippen LogP contribution in [0.5, 0.6) is 0 Å². The maximum Gasteiger partial charge on any atom is 0.397 e. The van der Waals surface area contributed by atoms with Gasteiger partial charge in [-0.3, -0.25) is 9.80 Å². The summed E-state index contributed by atoms with van der Waals surface area (Å²) in [6, 6.07) is 15.2. The van der Waals surface area contributed by atoms with Crippen LogP contribution < -0.4 is 26.2 Å². The first-order valence-electron chi connectivity index (χ1n) is 14.1. The summed E-state index contributed by atoms with van der Waals surface area (Å²) in [6.07, 6.45) is 0. The summed E-state index contributed by atoms with van der Waals surface area (Å²) in [5, 5.41) is 0. The van der Waals surface area contributed by atoms with Crippen molar-refractivity contribution in [1.29, 1.82) is 0 Å². The van der Waals surface area contributed by atoms with Crippen LogP contribution in [0.1, 0.15) is 11.1 Å². The van der Waals surface area contributed by atoms with Gasteiger partial charge in [-0.05, 0) is 50.8 Å². The monoisotopic (exact) mass is 616 g/mol. The van der Waals surface area contributed by atoms with Crippen LogP contribution in [0.15, 0.2) is 103 Å². The van der Waals surface area contributed by atoms with Gasteiger partial charge in [-0.15, -0.1) is 0 Å². The zero-order chi connectivity index (χ0) is 31.3. The van der Waals surface area contributed by atoms with Gasteiger partial charge >= 0.3 is 23.9 Å². The highest BCUT2D eigenvalue weighted by atomic mass is 19.3. The molecule has 0 fully saturated rings. The van der Waals surface area contributed by atoms with Gasteiger partial charge in [-0.25, -0.2) is 0 Å². The molecule has 0 saturated heterocycles. The average Bonchev–Trinajstić information content (AvgIpc) is 3.31. The van der Waals surface area contributed by atoms with Crippen LogP contribution in [-0.2, 0) is 11.8 Å². The third kappa shape index (κ3) is 2.88. The highest BCUT2D eigenvalue weighted by Crippen LogP contribution is 2.64. The van der Waals surface area contributed by atoms with Gasteiger partial charge in [-0.1, -0.05) is 91.0 Å². The summed E-state index contributed by atoms with van der Waals surface area (Å²) in [7, 11) is 0. The van der Waals surface area contributed by atoms with Crippen LogP contribution in [0.25, 0.3) is 22.3 Å². The zero-order valence-corrected chi connectivity index (χ0v) is 22.8. The molecule has 0 aromatic heterocycles. The van der Waals surface area contributed by atoms with E-state index in [0.717, 1.165) is 18.2 Å². The van der Waals surface area contributed by atoms with E-state index in [2.05, 4.69) is 0 Å². The molecule has 0 spiro atoms. The zero-order valence-electron chi connectivity index (χ0n) is 22.8. The molecule has 0 N–H and O–H groups in total. The van der Waals surface area contributed by atoms with E-state index in [9.17, 15) is 0 Å². The van der Waals surface area contributed by atoms with Crippen LogP contribution in [0, 0.1) is 0 Å². The molecule has 5 aromatic carbocycles. The first-order chi connectivity index (χ1) is 21.4. The van der Waals surface area contributed by atoms with Gasteiger partial charge in [-0.2, -0.15) is 35.1 Å².